The van der Waals surface area contributed by atoms with Gasteiger partial charge in [0.2, 0.25) is 0 Å². The minimum atomic E-state index is -0.542. The van der Waals surface area contributed by atoms with Crippen molar-refractivity contribution < 1.29 is 18.3 Å². The number of halogens is 2. The third-order valence-corrected chi connectivity index (χ3v) is 4.52. The van der Waals surface area contributed by atoms with E-state index < -0.39 is 11.7 Å². The van der Waals surface area contributed by atoms with Crippen LogP contribution in [-0.4, -0.2) is 22.8 Å². The van der Waals surface area contributed by atoms with Crippen LogP contribution in [0.15, 0.2) is 78.9 Å². The lowest BCUT2D eigenvalue weighted by Gasteiger charge is -2.09. The first-order valence-electron chi connectivity index (χ1n) is 9.11. The van der Waals surface area contributed by atoms with E-state index in [-0.39, 0.29) is 17.2 Å². The summed E-state index contributed by atoms with van der Waals surface area (Å²) < 4.78 is 33.9. The second-order valence-corrected chi connectivity index (χ2v) is 6.47. The lowest BCUT2D eigenvalue weighted by Crippen LogP contribution is -2.17. The Morgan fingerprint density at radius 2 is 1.67 bits per heavy atom. The molecule has 0 spiro atoms. The Balaban J connectivity index is 1.77. The summed E-state index contributed by atoms with van der Waals surface area (Å²) in [6.45, 7) is 0. The van der Waals surface area contributed by atoms with Crippen LogP contribution in [0, 0.1) is 11.6 Å². The van der Waals surface area contributed by atoms with Crippen LogP contribution < -0.4 is 10.1 Å². The van der Waals surface area contributed by atoms with Gasteiger partial charge in [0.05, 0.1) is 24.2 Å². The molecule has 4 rings (SSSR count). The fraction of sp³-hybridized carbons (Fsp3) is 0.0435. The van der Waals surface area contributed by atoms with Gasteiger partial charge >= 0.3 is 0 Å². The first kappa shape index (κ1) is 19.3. The molecular formula is C23H17F2N3O2. The van der Waals surface area contributed by atoms with Crippen molar-refractivity contribution in [2.45, 2.75) is 0 Å². The second kappa shape index (κ2) is 8.16. The number of carbonyl (C=O) groups excluding carboxylic acids is 1. The maximum Gasteiger partial charge on any atom is 0.274 e. The Labute approximate surface area is 171 Å². The van der Waals surface area contributed by atoms with Gasteiger partial charge in [-0.1, -0.05) is 12.1 Å². The molecule has 30 heavy (non-hydrogen) atoms. The largest absolute Gasteiger partial charge is 0.497 e. The molecule has 0 aliphatic heterocycles. The molecule has 0 saturated heterocycles. The lowest BCUT2D eigenvalue weighted by molar-refractivity contribution is 0.101. The Morgan fingerprint density at radius 3 is 2.33 bits per heavy atom. The predicted octanol–water partition coefficient (Wildman–Crippen LogP) is 5.08. The van der Waals surface area contributed by atoms with Crippen molar-refractivity contribution in [1.82, 2.24) is 9.78 Å². The number of aromatic nitrogens is 2. The van der Waals surface area contributed by atoms with Gasteiger partial charge in [-0.2, -0.15) is 5.10 Å². The second-order valence-electron chi connectivity index (χ2n) is 6.47. The third kappa shape index (κ3) is 3.91. The standard InChI is InChI=1S/C23H17F2N3O2/c1-30-18-12-10-17(11-13-18)28-22(23(29)26-20-5-3-2-4-19(20)25)14-21(27-28)15-6-8-16(24)9-7-15/h2-14H,1H3,(H,26,29). The van der Waals surface area contributed by atoms with Gasteiger partial charge in [-0.3, -0.25) is 4.79 Å². The van der Waals surface area contributed by atoms with E-state index >= 15 is 0 Å². The Bertz CT molecular complexity index is 1190. The molecule has 3 aromatic carbocycles. The number of rotatable bonds is 5. The number of hydrogen-bond acceptors (Lipinski definition) is 3. The van der Waals surface area contributed by atoms with Crippen molar-refractivity contribution in [3.63, 3.8) is 0 Å². The summed E-state index contributed by atoms with van der Waals surface area (Å²) in [5.74, 6) is -0.787. The zero-order chi connectivity index (χ0) is 21.1. The van der Waals surface area contributed by atoms with Crippen LogP contribution >= 0.6 is 0 Å². The summed E-state index contributed by atoms with van der Waals surface area (Å²) in [7, 11) is 1.56. The minimum absolute atomic E-state index is 0.0633. The molecule has 1 amide bonds. The zero-order valence-corrected chi connectivity index (χ0v) is 16.0. The first-order valence-corrected chi connectivity index (χ1v) is 9.11. The Morgan fingerprint density at radius 1 is 0.967 bits per heavy atom. The highest BCUT2D eigenvalue weighted by Crippen LogP contribution is 2.24. The maximum atomic E-state index is 14.0. The van der Waals surface area contributed by atoms with Gasteiger partial charge in [0.15, 0.2) is 0 Å². The normalized spacial score (nSPS) is 10.6. The van der Waals surface area contributed by atoms with Gasteiger partial charge in [0, 0.05) is 5.56 Å². The van der Waals surface area contributed by atoms with Crippen LogP contribution in [0.1, 0.15) is 10.5 Å². The summed E-state index contributed by atoms with van der Waals surface area (Å²) in [4.78, 5) is 13.0. The molecule has 0 radical (unpaired) electrons. The van der Waals surface area contributed by atoms with Crippen molar-refractivity contribution in [2.75, 3.05) is 12.4 Å². The molecule has 1 heterocycles. The molecule has 0 unspecified atom stereocenters. The highest BCUT2D eigenvalue weighted by Gasteiger charge is 2.19. The number of anilines is 1. The number of amides is 1. The number of nitrogens with one attached hydrogen (secondary N) is 1. The van der Waals surface area contributed by atoms with Crippen molar-refractivity contribution in [3.05, 3.63) is 96.2 Å². The maximum absolute atomic E-state index is 14.0. The van der Waals surface area contributed by atoms with Gasteiger partial charge in [-0.25, -0.2) is 13.5 Å². The molecule has 1 N–H and O–H groups in total. The van der Waals surface area contributed by atoms with E-state index in [0.29, 0.717) is 22.7 Å². The molecule has 0 atom stereocenters. The Hall–Kier alpha value is -4.00. The SMILES string of the molecule is COc1ccc(-n2nc(-c3ccc(F)cc3)cc2C(=O)Nc2ccccc2F)cc1. The molecular weight excluding hydrogens is 388 g/mol. The molecule has 5 nitrogen and oxygen atoms in total. The monoisotopic (exact) mass is 405 g/mol. The van der Waals surface area contributed by atoms with Gasteiger partial charge < -0.3 is 10.1 Å². The molecule has 0 aliphatic rings. The van der Waals surface area contributed by atoms with Gasteiger partial charge in [0.25, 0.3) is 5.91 Å². The van der Waals surface area contributed by atoms with Crippen LogP contribution in [0.2, 0.25) is 0 Å². The minimum Gasteiger partial charge on any atom is -0.497 e. The first-order chi connectivity index (χ1) is 14.5. The number of para-hydroxylation sites is 1. The van der Waals surface area contributed by atoms with E-state index in [4.69, 9.17) is 4.74 Å². The summed E-state index contributed by atoms with van der Waals surface area (Å²) in [5.41, 5.74) is 1.99. The molecule has 4 aromatic rings. The number of benzene rings is 3. The number of methoxy groups -OCH3 is 1. The number of hydrogen-bond donors (Lipinski definition) is 1. The van der Waals surface area contributed by atoms with E-state index in [0.717, 1.165) is 0 Å². The van der Waals surface area contributed by atoms with E-state index in [1.54, 1.807) is 61.7 Å². The highest BCUT2D eigenvalue weighted by atomic mass is 19.1. The Kier molecular flexibility index (Phi) is 5.26. The topological polar surface area (TPSA) is 56.2 Å². The van der Waals surface area contributed by atoms with E-state index in [9.17, 15) is 13.6 Å². The number of carbonyl (C=O) groups is 1. The van der Waals surface area contributed by atoms with Crippen LogP contribution in [0.5, 0.6) is 5.75 Å². The zero-order valence-electron chi connectivity index (χ0n) is 16.0. The van der Waals surface area contributed by atoms with E-state index in [2.05, 4.69) is 10.4 Å². The van der Waals surface area contributed by atoms with Crippen molar-refractivity contribution in [2.24, 2.45) is 0 Å². The summed E-state index contributed by atoms with van der Waals surface area (Å²) in [5, 5.41) is 7.09. The molecule has 1 aromatic heterocycles. The van der Waals surface area contributed by atoms with Crippen LogP contribution in [0.4, 0.5) is 14.5 Å². The van der Waals surface area contributed by atoms with Gasteiger partial charge in [-0.15, -0.1) is 0 Å². The average Bonchev–Trinajstić information content (AvgIpc) is 3.21. The van der Waals surface area contributed by atoms with Gasteiger partial charge in [0.1, 0.15) is 23.1 Å². The molecule has 0 fully saturated rings. The summed E-state index contributed by atoms with van der Waals surface area (Å²) in [6.07, 6.45) is 0. The molecule has 150 valence electrons. The summed E-state index contributed by atoms with van der Waals surface area (Å²) in [6, 6.07) is 20.3. The molecule has 7 heteroatoms. The third-order valence-electron chi connectivity index (χ3n) is 4.52. The van der Waals surface area contributed by atoms with Crippen molar-refractivity contribution in [1.29, 1.82) is 0 Å². The van der Waals surface area contributed by atoms with Crippen LogP contribution in [-0.2, 0) is 0 Å². The fourth-order valence-electron chi connectivity index (χ4n) is 2.97. The van der Waals surface area contributed by atoms with E-state index in [1.165, 1.54) is 28.9 Å². The fourth-order valence-corrected chi connectivity index (χ4v) is 2.97. The molecule has 0 bridgehead atoms. The number of nitrogens with zero attached hydrogens (tertiary/aromatic N) is 2. The van der Waals surface area contributed by atoms with E-state index in [1.807, 2.05) is 0 Å². The molecule has 0 aliphatic carbocycles. The molecule has 0 saturated carbocycles. The van der Waals surface area contributed by atoms with Gasteiger partial charge in [-0.05, 0) is 66.7 Å². The average molecular weight is 405 g/mol. The van der Waals surface area contributed by atoms with Crippen molar-refractivity contribution >= 4 is 11.6 Å². The number of ether oxygens (including phenoxy) is 1. The predicted molar refractivity (Wildman–Crippen MR) is 110 cm³/mol. The van der Waals surface area contributed by atoms with Crippen LogP contribution in [0.3, 0.4) is 0 Å². The smallest absolute Gasteiger partial charge is 0.274 e. The quantitative estimate of drug-likeness (QED) is 0.504. The highest BCUT2D eigenvalue weighted by molar-refractivity contribution is 6.04. The lowest BCUT2D eigenvalue weighted by atomic mass is 10.1. The summed E-state index contributed by atoms with van der Waals surface area (Å²) >= 11 is 0. The van der Waals surface area contributed by atoms with Crippen molar-refractivity contribution in [3.8, 4) is 22.7 Å². The van der Waals surface area contributed by atoms with Crippen LogP contribution in [0.25, 0.3) is 16.9 Å².